The Labute approximate surface area is 202 Å². The molecule has 2 aromatic carbocycles. The summed E-state index contributed by atoms with van der Waals surface area (Å²) in [6.45, 7) is 1.44. The number of aliphatic hydroxyl groups is 1. The number of aromatic nitrogens is 3. The molecule has 1 aliphatic carbocycles. The molecule has 2 aliphatic heterocycles. The quantitative estimate of drug-likeness (QED) is 0.440. The molecule has 1 amide bonds. The summed E-state index contributed by atoms with van der Waals surface area (Å²) < 4.78 is 4.31. The number of nitriles is 1. The van der Waals surface area contributed by atoms with E-state index in [1.165, 1.54) is 0 Å². The lowest BCUT2D eigenvalue weighted by molar-refractivity contribution is -0.122. The molecule has 2 aromatic heterocycles. The summed E-state index contributed by atoms with van der Waals surface area (Å²) >= 11 is 0. The molecule has 1 saturated carbocycles. The summed E-state index contributed by atoms with van der Waals surface area (Å²) in [5.74, 6) is 1.13. The summed E-state index contributed by atoms with van der Waals surface area (Å²) in [5, 5.41) is 18.7. The van der Waals surface area contributed by atoms with E-state index in [2.05, 4.69) is 44.6 Å². The van der Waals surface area contributed by atoms with Crippen molar-refractivity contribution in [1.82, 2.24) is 14.1 Å². The van der Waals surface area contributed by atoms with Crippen molar-refractivity contribution in [2.24, 2.45) is 11.3 Å². The predicted molar refractivity (Wildman–Crippen MR) is 131 cm³/mol. The lowest BCUT2D eigenvalue weighted by Crippen LogP contribution is -2.29. The second kappa shape index (κ2) is 7.17. The highest BCUT2D eigenvalue weighted by Crippen LogP contribution is 2.59. The lowest BCUT2D eigenvalue weighted by atomic mass is 10.0. The van der Waals surface area contributed by atoms with Crippen LogP contribution in [0.5, 0.6) is 0 Å². The summed E-state index contributed by atoms with van der Waals surface area (Å²) in [4.78, 5) is 19.8. The minimum absolute atomic E-state index is 0.0884. The van der Waals surface area contributed by atoms with E-state index < -0.39 is 0 Å². The number of nitrogens with zero attached hydrogens (tertiary/aromatic N) is 5. The van der Waals surface area contributed by atoms with Crippen molar-refractivity contribution in [2.75, 3.05) is 18.1 Å². The molecule has 0 radical (unpaired) electrons. The normalized spacial score (nSPS) is 21.9. The van der Waals surface area contributed by atoms with Gasteiger partial charge in [0.15, 0.2) is 5.82 Å². The van der Waals surface area contributed by atoms with E-state index in [4.69, 9.17) is 5.26 Å². The van der Waals surface area contributed by atoms with Gasteiger partial charge in [-0.1, -0.05) is 12.1 Å². The average Bonchev–Trinajstić information content (AvgIpc) is 3.14. The van der Waals surface area contributed by atoms with Crippen LogP contribution >= 0.6 is 0 Å². The zero-order chi connectivity index (χ0) is 23.7. The van der Waals surface area contributed by atoms with E-state index in [1.54, 1.807) is 0 Å². The van der Waals surface area contributed by atoms with Gasteiger partial charge in [0.05, 0.1) is 28.4 Å². The third kappa shape index (κ3) is 2.87. The maximum absolute atomic E-state index is 13.2. The van der Waals surface area contributed by atoms with Crippen LogP contribution in [0.25, 0.3) is 28.3 Å². The molecule has 1 N–H and O–H groups in total. The van der Waals surface area contributed by atoms with Gasteiger partial charge in [0, 0.05) is 49.5 Å². The molecular formula is C28H23N5O2. The Bertz CT molecular complexity index is 1540. The van der Waals surface area contributed by atoms with Gasteiger partial charge in [0.1, 0.15) is 0 Å². The maximum atomic E-state index is 13.2. The van der Waals surface area contributed by atoms with Gasteiger partial charge in [-0.05, 0) is 66.3 Å². The van der Waals surface area contributed by atoms with Crippen LogP contribution in [0.1, 0.15) is 24.0 Å². The molecule has 3 aliphatic rings. The molecule has 35 heavy (non-hydrogen) atoms. The predicted octanol–water partition coefficient (Wildman–Crippen LogP) is 3.98. The zero-order valence-corrected chi connectivity index (χ0v) is 19.1. The number of aliphatic hydroxyl groups excluding tert-OH is 1. The molecule has 7 heteroatoms. The number of carbonyl (C=O) groups excluding carboxylic acids is 1. The van der Waals surface area contributed by atoms with Crippen LogP contribution in [-0.4, -0.2) is 38.3 Å². The summed E-state index contributed by atoms with van der Waals surface area (Å²) in [7, 11) is 0. The largest absolute Gasteiger partial charge is 0.396 e. The Hall–Kier alpha value is -4.15. The Balaban J connectivity index is 1.28. The minimum Gasteiger partial charge on any atom is -0.396 e. The Morgan fingerprint density at radius 1 is 1.14 bits per heavy atom. The number of carbonyl (C=O) groups is 1. The second-order valence-corrected chi connectivity index (χ2v) is 9.81. The topological polar surface area (TPSA) is 87.1 Å². The molecule has 1 spiro atoms. The number of anilines is 1. The first-order chi connectivity index (χ1) is 17.1. The highest BCUT2D eigenvalue weighted by molar-refractivity contribution is 6.02. The molecular weight excluding hydrogens is 438 g/mol. The van der Waals surface area contributed by atoms with Gasteiger partial charge in [0.25, 0.3) is 0 Å². The van der Waals surface area contributed by atoms with Crippen molar-refractivity contribution in [3.8, 4) is 34.4 Å². The minimum atomic E-state index is -0.345. The monoisotopic (exact) mass is 461 g/mol. The van der Waals surface area contributed by atoms with Crippen molar-refractivity contribution in [2.45, 2.75) is 19.4 Å². The van der Waals surface area contributed by atoms with Crippen LogP contribution in [0.4, 0.5) is 5.69 Å². The smallest absolute Gasteiger partial charge is 0.233 e. The van der Waals surface area contributed by atoms with E-state index in [-0.39, 0.29) is 23.8 Å². The Morgan fingerprint density at radius 2 is 2.00 bits per heavy atom. The van der Waals surface area contributed by atoms with Crippen LogP contribution in [0.2, 0.25) is 0 Å². The molecule has 7 nitrogen and oxygen atoms in total. The van der Waals surface area contributed by atoms with Crippen LogP contribution in [0.15, 0.2) is 67.1 Å². The molecule has 1 saturated heterocycles. The molecule has 0 bridgehead atoms. The van der Waals surface area contributed by atoms with Crippen molar-refractivity contribution in [1.29, 1.82) is 5.26 Å². The van der Waals surface area contributed by atoms with Gasteiger partial charge in [-0.2, -0.15) is 5.26 Å². The van der Waals surface area contributed by atoms with Crippen LogP contribution in [0.3, 0.4) is 0 Å². The molecule has 4 aromatic rings. The Morgan fingerprint density at radius 3 is 2.77 bits per heavy atom. The molecule has 2 atom stereocenters. The number of hydrogen-bond donors (Lipinski definition) is 1. The maximum Gasteiger partial charge on any atom is 0.233 e. The van der Waals surface area contributed by atoms with E-state index >= 15 is 0 Å². The van der Waals surface area contributed by atoms with E-state index in [1.807, 2.05) is 47.6 Å². The van der Waals surface area contributed by atoms with E-state index in [9.17, 15) is 9.90 Å². The first-order valence-corrected chi connectivity index (χ1v) is 11.9. The third-order valence-electron chi connectivity index (χ3n) is 7.99. The van der Waals surface area contributed by atoms with Crippen molar-refractivity contribution in [3.05, 3.63) is 78.2 Å². The molecule has 7 rings (SSSR count). The fraction of sp³-hybridized carbons (Fsp3) is 0.250. The van der Waals surface area contributed by atoms with Crippen molar-refractivity contribution >= 4 is 11.6 Å². The zero-order valence-electron chi connectivity index (χ0n) is 19.1. The number of rotatable bonds is 3. The number of imidazole rings is 1. The standard InChI is InChI=1S/C28H23N5O2/c29-14-18-1-3-19(4-2-18)20-12-25-26-30-8-10-33(26)24-6-5-23(11-21(24)16-31(25)15-20)32-9-7-28(27(32)35)13-22(28)17-34/h1-6,8,10-12,15,22,34H,7,9,13,16-17H2. The SMILES string of the molecule is N#Cc1ccc(-c2cc3n(c2)Cc2cc(N4CCC5(CC5CO)C4=O)ccc2-n2ccnc2-3)cc1. The summed E-state index contributed by atoms with van der Waals surface area (Å²) in [6, 6.07) is 18.2. The average molecular weight is 462 g/mol. The summed E-state index contributed by atoms with van der Waals surface area (Å²) in [5.41, 5.74) is 6.53. The first kappa shape index (κ1) is 20.2. The highest BCUT2D eigenvalue weighted by atomic mass is 16.3. The van der Waals surface area contributed by atoms with Gasteiger partial charge in [0.2, 0.25) is 5.91 Å². The molecule has 2 fully saturated rings. The van der Waals surface area contributed by atoms with Crippen LogP contribution in [-0.2, 0) is 11.3 Å². The van der Waals surface area contributed by atoms with Crippen molar-refractivity contribution in [3.63, 3.8) is 0 Å². The number of fused-ring (bicyclic) bond motifs is 5. The Kier molecular flexibility index (Phi) is 4.15. The van der Waals surface area contributed by atoms with Gasteiger partial charge < -0.3 is 14.6 Å². The van der Waals surface area contributed by atoms with Gasteiger partial charge >= 0.3 is 0 Å². The van der Waals surface area contributed by atoms with Gasteiger partial charge in [-0.25, -0.2) is 4.98 Å². The molecule has 4 heterocycles. The lowest BCUT2D eigenvalue weighted by Gasteiger charge is -2.20. The van der Waals surface area contributed by atoms with Crippen LogP contribution < -0.4 is 4.90 Å². The van der Waals surface area contributed by atoms with Crippen LogP contribution in [0, 0.1) is 22.7 Å². The third-order valence-corrected chi connectivity index (χ3v) is 7.99. The number of benzene rings is 2. The number of hydrogen-bond acceptors (Lipinski definition) is 4. The first-order valence-electron chi connectivity index (χ1n) is 11.9. The second-order valence-electron chi connectivity index (χ2n) is 9.81. The van der Waals surface area contributed by atoms with E-state index in [0.717, 1.165) is 52.4 Å². The highest BCUT2D eigenvalue weighted by Gasteiger charge is 2.63. The summed E-state index contributed by atoms with van der Waals surface area (Å²) in [6.07, 6.45) is 7.53. The number of amides is 1. The molecule has 2 unspecified atom stereocenters. The van der Waals surface area contributed by atoms with Gasteiger partial charge in [-0.15, -0.1) is 0 Å². The fourth-order valence-electron chi connectivity index (χ4n) is 5.92. The van der Waals surface area contributed by atoms with Crippen molar-refractivity contribution < 1.29 is 9.90 Å². The fourth-order valence-corrected chi connectivity index (χ4v) is 5.92. The van der Waals surface area contributed by atoms with Gasteiger partial charge in [-0.3, -0.25) is 9.36 Å². The van der Waals surface area contributed by atoms with E-state index in [0.29, 0.717) is 18.7 Å². The molecule has 172 valence electrons.